The van der Waals surface area contributed by atoms with Crippen LogP contribution in [0.5, 0.6) is 11.5 Å². The summed E-state index contributed by atoms with van der Waals surface area (Å²) in [5.41, 5.74) is 2.49. The number of aromatic nitrogens is 2. The van der Waals surface area contributed by atoms with Gasteiger partial charge in [-0.3, -0.25) is 4.79 Å². The standard InChI is InChI=1S/C20H19N3O4/c1-12(2)13-7-9-14(10-8-13)18-19(23-27-22-18)21-20(24)17-11-25-15-5-3-4-6-16(15)26-17/h3-10,12,17H,11H2,1-2H3,(H,21,23,24)/t17-/m1/s1. The number of rotatable bonds is 4. The molecule has 0 saturated carbocycles. The first kappa shape index (κ1) is 17.1. The van der Waals surface area contributed by atoms with E-state index < -0.39 is 6.10 Å². The lowest BCUT2D eigenvalue weighted by Crippen LogP contribution is -2.40. The zero-order valence-electron chi connectivity index (χ0n) is 15.0. The lowest BCUT2D eigenvalue weighted by Gasteiger charge is -2.25. The van der Waals surface area contributed by atoms with E-state index in [2.05, 4.69) is 29.5 Å². The Morgan fingerprint density at radius 1 is 1.07 bits per heavy atom. The number of nitrogens with one attached hydrogen (secondary N) is 1. The van der Waals surface area contributed by atoms with E-state index in [9.17, 15) is 4.79 Å². The normalized spacial score (nSPS) is 15.6. The second-order valence-electron chi connectivity index (χ2n) is 6.59. The van der Waals surface area contributed by atoms with Crippen molar-refractivity contribution < 1.29 is 18.9 Å². The third kappa shape index (κ3) is 3.48. The Labute approximate surface area is 156 Å². The van der Waals surface area contributed by atoms with Crippen LogP contribution in [0.15, 0.2) is 53.2 Å². The fourth-order valence-corrected chi connectivity index (χ4v) is 2.83. The van der Waals surface area contributed by atoms with Crippen molar-refractivity contribution in [1.82, 2.24) is 10.3 Å². The van der Waals surface area contributed by atoms with Gasteiger partial charge in [0, 0.05) is 5.56 Å². The lowest BCUT2D eigenvalue weighted by molar-refractivity contribution is -0.125. The lowest BCUT2D eigenvalue weighted by atomic mass is 10.0. The Hall–Kier alpha value is -3.35. The minimum Gasteiger partial charge on any atom is -0.485 e. The van der Waals surface area contributed by atoms with Gasteiger partial charge in [0.25, 0.3) is 5.91 Å². The fraction of sp³-hybridized carbons (Fsp3) is 0.250. The number of nitrogens with zero attached hydrogens (tertiary/aromatic N) is 2. The smallest absolute Gasteiger partial charge is 0.270 e. The molecule has 3 aromatic rings. The number of hydrogen-bond donors (Lipinski definition) is 1. The van der Waals surface area contributed by atoms with E-state index in [1.165, 1.54) is 5.56 Å². The van der Waals surface area contributed by atoms with Crippen LogP contribution in [0.3, 0.4) is 0 Å². The number of carbonyl (C=O) groups excluding carboxylic acids is 1. The SMILES string of the molecule is CC(C)c1ccc(-c2nonc2NC(=O)[C@H]2COc3ccccc3O2)cc1. The molecule has 7 nitrogen and oxygen atoms in total. The van der Waals surface area contributed by atoms with Crippen molar-refractivity contribution >= 4 is 11.7 Å². The topological polar surface area (TPSA) is 86.5 Å². The summed E-state index contributed by atoms with van der Waals surface area (Å²) >= 11 is 0. The quantitative estimate of drug-likeness (QED) is 0.760. The van der Waals surface area contributed by atoms with Gasteiger partial charge in [0.2, 0.25) is 11.9 Å². The van der Waals surface area contributed by atoms with E-state index in [-0.39, 0.29) is 18.3 Å². The molecule has 4 rings (SSSR count). The summed E-state index contributed by atoms with van der Waals surface area (Å²) in [6, 6.07) is 15.1. The molecular weight excluding hydrogens is 346 g/mol. The number of para-hydroxylation sites is 2. The first-order valence-corrected chi connectivity index (χ1v) is 8.74. The van der Waals surface area contributed by atoms with Gasteiger partial charge in [-0.1, -0.05) is 50.2 Å². The Balaban J connectivity index is 1.49. The molecule has 0 fully saturated rings. The summed E-state index contributed by atoms with van der Waals surface area (Å²) in [6.45, 7) is 4.37. The molecule has 1 aliphatic rings. The molecule has 1 amide bonds. The Morgan fingerprint density at radius 2 is 1.81 bits per heavy atom. The van der Waals surface area contributed by atoms with Gasteiger partial charge in [-0.2, -0.15) is 0 Å². The van der Waals surface area contributed by atoms with E-state index in [1.807, 2.05) is 36.4 Å². The molecule has 1 aliphatic heterocycles. The van der Waals surface area contributed by atoms with E-state index in [1.54, 1.807) is 12.1 Å². The van der Waals surface area contributed by atoms with Crippen LogP contribution < -0.4 is 14.8 Å². The predicted octanol–water partition coefficient (Wildman–Crippen LogP) is 3.64. The minimum absolute atomic E-state index is 0.118. The van der Waals surface area contributed by atoms with Crippen molar-refractivity contribution in [3.05, 3.63) is 54.1 Å². The molecule has 0 spiro atoms. The Morgan fingerprint density at radius 3 is 2.56 bits per heavy atom. The van der Waals surface area contributed by atoms with Crippen molar-refractivity contribution in [2.24, 2.45) is 0 Å². The largest absolute Gasteiger partial charge is 0.485 e. The van der Waals surface area contributed by atoms with Gasteiger partial charge in [-0.25, -0.2) is 4.63 Å². The summed E-state index contributed by atoms with van der Waals surface area (Å²) in [6.07, 6.45) is -0.784. The maximum atomic E-state index is 12.6. The molecule has 1 N–H and O–H groups in total. The molecule has 138 valence electrons. The highest BCUT2D eigenvalue weighted by Gasteiger charge is 2.29. The number of hydrogen-bond acceptors (Lipinski definition) is 6. The van der Waals surface area contributed by atoms with E-state index in [4.69, 9.17) is 14.1 Å². The van der Waals surface area contributed by atoms with Crippen molar-refractivity contribution in [2.45, 2.75) is 25.9 Å². The van der Waals surface area contributed by atoms with Crippen LogP contribution in [0.2, 0.25) is 0 Å². The minimum atomic E-state index is -0.784. The van der Waals surface area contributed by atoms with E-state index in [0.717, 1.165) is 5.56 Å². The van der Waals surface area contributed by atoms with Crippen molar-refractivity contribution in [3.63, 3.8) is 0 Å². The number of anilines is 1. The van der Waals surface area contributed by atoms with Crippen LogP contribution in [0.4, 0.5) is 5.82 Å². The van der Waals surface area contributed by atoms with Crippen molar-refractivity contribution in [3.8, 4) is 22.8 Å². The first-order valence-electron chi connectivity index (χ1n) is 8.74. The number of fused-ring (bicyclic) bond motifs is 1. The average Bonchev–Trinajstić information content (AvgIpc) is 3.15. The number of amides is 1. The van der Waals surface area contributed by atoms with Gasteiger partial charge in [0.15, 0.2) is 17.2 Å². The monoisotopic (exact) mass is 365 g/mol. The summed E-state index contributed by atoms with van der Waals surface area (Å²) in [4.78, 5) is 12.6. The Kier molecular flexibility index (Phi) is 4.50. The first-order chi connectivity index (χ1) is 13.1. The molecule has 2 heterocycles. The molecule has 0 aliphatic carbocycles. The molecule has 0 radical (unpaired) electrons. The second-order valence-corrected chi connectivity index (χ2v) is 6.59. The summed E-state index contributed by atoms with van der Waals surface area (Å²) < 4.78 is 16.1. The zero-order valence-corrected chi connectivity index (χ0v) is 15.0. The van der Waals surface area contributed by atoms with Gasteiger partial charge < -0.3 is 14.8 Å². The van der Waals surface area contributed by atoms with Gasteiger partial charge in [-0.15, -0.1) is 0 Å². The van der Waals surface area contributed by atoms with Crippen LogP contribution in [-0.2, 0) is 4.79 Å². The molecule has 27 heavy (non-hydrogen) atoms. The van der Waals surface area contributed by atoms with Gasteiger partial charge in [-0.05, 0) is 33.9 Å². The Bertz CT molecular complexity index is 950. The summed E-state index contributed by atoms with van der Waals surface area (Å²) in [7, 11) is 0. The van der Waals surface area contributed by atoms with Gasteiger partial charge in [0.05, 0.1) is 0 Å². The van der Waals surface area contributed by atoms with Crippen LogP contribution in [0, 0.1) is 0 Å². The maximum Gasteiger partial charge on any atom is 0.270 e. The molecule has 1 atom stereocenters. The van der Waals surface area contributed by atoms with Gasteiger partial charge >= 0.3 is 0 Å². The number of carbonyl (C=O) groups is 1. The van der Waals surface area contributed by atoms with Gasteiger partial charge in [0.1, 0.15) is 6.61 Å². The molecule has 0 unspecified atom stereocenters. The predicted molar refractivity (Wildman–Crippen MR) is 98.8 cm³/mol. The molecular formula is C20H19N3O4. The second kappa shape index (κ2) is 7.11. The zero-order chi connectivity index (χ0) is 18.8. The highest BCUT2D eigenvalue weighted by molar-refractivity contribution is 5.96. The molecule has 7 heteroatoms. The third-order valence-electron chi connectivity index (χ3n) is 4.38. The highest BCUT2D eigenvalue weighted by atomic mass is 16.6. The van der Waals surface area contributed by atoms with Crippen LogP contribution in [-0.4, -0.2) is 28.9 Å². The summed E-state index contributed by atoms with van der Waals surface area (Å²) in [5, 5.41) is 10.5. The van der Waals surface area contributed by atoms with Crippen molar-refractivity contribution in [1.29, 1.82) is 0 Å². The van der Waals surface area contributed by atoms with E-state index in [0.29, 0.717) is 23.1 Å². The molecule has 0 saturated heterocycles. The van der Waals surface area contributed by atoms with Crippen molar-refractivity contribution in [2.75, 3.05) is 11.9 Å². The maximum absolute atomic E-state index is 12.6. The fourth-order valence-electron chi connectivity index (χ4n) is 2.83. The molecule has 2 aromatic carbocycles. The van der Waals surface area contributed by atoms with Crippen LogP contribution in [0.25, 0.3) is 11.3 Å². The third-order valence-corrected chi connectivity index (χ3v) is 4.38. The van der Waals surface area contributed by atoms with Crippen LogP contribution >= 0.6 is 0 Å². The van der Waals surface area contributed by atoms with E-state index >= 15 is 0 Å². The van der Waals surface area contributed by atoms with Crippen LogP contribution in [0.1, 0.15) is 25.3 Å². The average molecular weight is 365 g/mol. The number of benzene rings is 2. The molecule has 1 aromatic heterocycles. The summed E-state index contributed by atoms with van der Waals surface area (Å²) in [5.74, 6) is 1.46. The molecule has 0 bridgehead atoms. The highest BCUT2D eigenvalue weighted by Crippen LogP contribution is 2.31. The number of ether oxygens (including phenoxy) is 2.